The number of ketones is 1. The van der Waals surface area contributed by atoms with Crippen molar-refractivity contribution in [1.82, 2.24) is 0 Å². The Morgan fingerprint density at radius 3 is 2.31 bits per heavy atom. The third-order valence-electron chi connectivity index (χ3n) is 3.11. The maximum absolute atomic E-state index is 11.7. The van der Waals surface area contributed by atoms with Gasteiger partial charge in [-0.1, -0.05) is 29.4 Å². The molecule has 0 atom stereocenters. The fraction of sp³-hybridized carbons (Fsp3) is 0.533. The van der Waals surface area contributed by atoms with Gasteiger partial charge in [0.15, 0.2) is 5.78 Å². The van der Waals surface area contributed by atoms with Gasteiger partial charge in [0.2, 0.25) is 0 Å². The lowest BCUT2D eigenvalue weighted by molar-refractivity contribution is -0.115. The molecule has 0 spiro atoms. The van der Waals surface area contributed by atoms with Gasteiger partial charge in [-0.3, -0.25) is 4.79 Å². The number of rotatable bonds is 0. The van der Waals surface area contributed by atoms with E-state index in [4.69, 9.17) is 0 Å². The zero-order valence-electron chi connectivity index (χ0n) is 10.7. The van der Waals surface area contributed by atoms with Gasteiger partial charge in [0.05, 0.1) is 0 Å². The monoisotopic (exact) mass is 218 g/mol. The number of carbonyl (C=O) groups is 1. The summed E-state index contributed by atoms with van der Waals surface area (Å²) in [4.78, 5) is 11.7. The molecule has 0 saturated carbocycles. The van der Waals surface area contributed by atoms with Crippen molar-refractivity contribution in [2.24, 2.45) is 0 Å². The van der Waals surface area contributed by atoms with E-state index in [-0.39, 0.29) is 0 Å². The molecule has 0 bridgehead atoms. The Balaban J connectivity index is 2.78. The second-order valence-corrected chi connectivity index (χ2v) is 4.69. The van der Waals surface area contributed by atoms with Gasteiger partial charge in [0.1, 0.15) is 0 Å². The Morgan fingerprint density at radius 2 is 1.56 bits per heavy atom. The highest BCUT2D eigenvalue weighted by Crippen LogP contribution is 2.14. The summed E-state index contributed by atoms with van der Waals surface area (Å²) in [5.41, 5.74) is 3.67. The van der Waals surface area contributed by atoms with Crippen molar-refractivity contribution in [2.45, 2.75) is 52.9 Å². The van der Waals surface area contributed by atoms with Crippen molar-refractivity contribution in [3.8, 4) is 0 Å². The minimum atomic E-state index is 0.291. The third kappa shape index (κ3) is 4.61. The Kier molecular flexibility index (Phi) is 5.24. The number of carbonyl (C=O) groups excluding carboxylic acids is 1. The van der Waals surface area contributed by atoms with E-state index in [1.807, 2.05) is 13.0 Å². The first kappa shape index (κ1) is 13.0. The molecule has 0 aliphatic heterocycles. The highest BCUT2D eigenvalue weighted by molar-refractivity contribution is 5.94. The van der Waals surface area contributed by atoms with Crippen molar-refractivity contribution in [3.63, 3.8) is 0 Å². The van der Waals surface area contributed by atoms with Crippen LogP contribution in [0, 0.1) is 0 Å². The maximum Gasteiger partial charge on any atom is 0.158 e. The van der Waals surface area contributed by atoms with E-state index in [9.17, 15) is 4.79 Å². The number of allylic oxidation sites excluding steroid dienone is 6. The molecule has 0 amide bonds. The van der Waals surface area contributed by atoms with Gasteiger partial charge in [-0.25, -0.2) is 0 Å². The average molecular weight is 218 g/mol. The number of Topliss-reactive ketones (excluding diaryl/α,β-unsaturated/α-hetero) is 1. The molecule has 1 rings (SSSR count). The van der Waals surface area contributed by atoms with Crippen molar-refractivity contribution in [2.75, 3.05) is 0 Å². The molecule has 1 aliphatic rings. The van der Waals surface area contributed by atoms with Gasteiger partial charge in [-0.2, -0.15) is 0 Å². The standard InChI is InChI=1S/C15H22O/c1-12-6-4-7-13(2)10-11-15(16)14(3)9-5-8-12/h7-9H,4-6,10-11H2,1-3H3. The quantitative estimate of drug-likeness (QED) is 0.552. The van der Waals surface area contributed by atoms with Crippen molar-refractivity contribution < 1.29 is 4.79 Å². The molecule has 0 unspecified atom stereocenters. The van der Waals surface area contributed by atoms with E-state index in [1.54, 1.807) is 0 Å². The molecular weight excluding hydrogens is 196 g/mol. The van der Waals surface area contributed by atoms with Gasteiger partial charge < -0.3 is 0 Å². The maximum atomic E-state index is 11.7. The lowest BCUT2D eigenvalue weighted by Gasteiger charge is -2.05. The van der Waals surface area contributed by atoms with Crippen LogP contribution in [0.15, 0.2) is 34.9 Å². The molecule has 0 radical (unpaired) electrons. The van der Waals surface area contributed by atoms with Crippen molar-refractivity contribution >= 4 is 5.78 Å². The van der Waals surface area contributed by atoms with Crippen LogP contribution in [0.1, 0.15) is 52.9 Å². The molecule has 1 aliphatic carbocycles. The summed E-state index contributed by atoms with van der Waals surface area (Å²) in [5, 5.41) is 0. The predicted molar refractivity (Wildman–Crippen MR) is 69.4 cm³/mol. The van der Waals surface area contributed by atoms with E-state index in [2.05, 4.69) is 26.0 Å². The van der Waals surface area contributed by atoms with E-state index < -0.39 is 0 Å². The topological polar surface area (TPSA) is 17.1 Å². The molecule has 0 N–H and O–H groups in total. The van der Waals surface area contributed by atoms with E-state index in [1.165, 1.54) is 11.1 Å². The first-order chi connectivity index (χ1) is 7.59. The summed E-state index contributed by atoms with van der Waals surface area (Å²) in [6.07, 6.45) is 11.2. The van der Waals surface area contributed by atoms with Crippen LogP contribution < -0.4 is 0 Å². The van der Waals surface area contributed by atoms with Crippen LogP contribution in [0.25, 0.3) is 0 Å². The SMILES string of the molecule is CC1=CCC=C(C)C(=O)CCC(C)=CCC1. The summed E-state index contributed by atoms with van der Waals surface area (Å²) in [6, 6.07) is 0. The van der Waals surface area contributed by atoms with Crippen LogP contribution in [0.2, 0.25) is 0 Å². The molecule has 16 heavy (non-hydrogen) atoms. The van der Waals surface area contributed by atoms with Crippen LogP contribution in [0.3, 0.4) is 0 Å². The van der Waals surface area contributed by atoms with Crippen molar-refractivity contribution in [1.29, 1.82) is 0 Å². The fourth-order valence-electron chi connectivity index (χ4n) is 1.81. The molecule has 0 heterocycles. The molecule has 0 saturated heterocycles. The fourth-order valence-corrected chi connectivity index (χ4v) is 1.81. The molecule has 0 aromatic heterocycles. The molecule has 88 valence electrons. The Labute approximate surface area is 98.9 Å². The van der Waals surface area contributed by atoms with Crippen LogP contribution in [-0.2, 0) is 4.79 Å². The first-order valence-electron chi connectivity index (χ1n) is 6.11. The summed E-state index contributed by atoms with van der Waals surface area (Å²) >= 11 is 0. The van der Waals surface area contributed by atoms with Crippen LogP contribution in [-0.4, -0.2) is 5.78 Å². The Hall–Kier alpha value is -1.11. The van der Waals surface area contributed by atoms with Gasteiger partial charge >= 0.3 is 0 Å². The zero-order valence-corrected chi connectivity index (χ0v) is 10.7. The first-order valence-corrected chi connectivity index (χ1v) is 6.11. The second kappa shape index (κ2) is 6.47. The highest BCUT2D eigenvalue weighted by Gasteiger charge is 2.04. The van der Waals surface area contributed by atoms with Gasteiger partial charge in [-0.15, -0.1) is 0 Å². The van der Waals surface area contributed by atoms with E-state index in [0.29, 0.717) is 12.2 Å². The van der Waals surface area contributed by atoms with Crippen LogP contribution in [0.5, 0.6) is 0 Å². The Bertz CT molecular complexity index is 342. The van der Waals surface area contributed by atoms with Gasteiger partial charge in [0.25, 0.3) is 0 Å². The van der Waals surface area contributed by atoms with E-state index >= 15 is 0 Å². The lowest BCUT2D eigenvalue weighted by Crippen LogP contribution is -2.00. The normalized spacial score (nSPS) is 20.2. The van der Waals surface area contributed by atoms with Gasteiger partial charge in [-0.05, 0) is 52.0 Å². The van der Waals surface area contributed by atoms with Crippen LogP contribution >= 0.6 is 0 Å². The predicted octanol–water partition coefficient (Wildman–Crippen LogP) is 4.36. The lowest BCUT2D eigenvalue weighted by atomic mass is 10.0. The summed E-state index contributed by atoms with van der Waals surface area (Å²) in [5.74, 6) is 0.291. The molecule has 0 aromatic carbocycles. The van der Waals surface area contributed by atoms with Gasteiger partial charge in [0, 0.05) is 6.42 Å². The van der Waals surface area contributed by atoms with Crippen LogP contribution in [0.4, 0.5) is 0 Å². The number of hydrogen-bond acceptors (Lipinski definition) is 1. The molecular formula is C15H22O. The molecule has 1 heteroatoms. The average Bonchev–Trinajstić information content (AvgIpc) is 2.24. The van der Waals surface area contributed by atoms with Crippen molar-refractivity contribution in [3.05, 3.63) is 34.9 Å². The van der Waals surface area contributed by atoms with E-state index in [0.717, 1.165) is 31.3 Å². The third-order valence-corrected chi connectivity index (χ3v) is 3.11. The summed E-state index contributed by atoms with van der Waals surface area (Å²) in [6.45, 7) is 6.22. The highest BCUT2D eigenvalue weighted by atomic mass is 16.1. The largest absolute Gasteiger partial charge is 0.295 e. The minimum absolute atomic E-state index is 0.291. The summed E-state index contributed by atoms with van der Waals surface area (Å²) < 4.78 is 0. The molecule has 1 nitrogen and oxygen atoms in total. The Morgan fingerprint density at radius 1 is 0.875 bits per heavy atom. The zero-order chi connectivity index (χ0) is 12.0. The molecule has 0 fully saturated rings. The second-order valence-electron chi connectivity index (χ2n) is 4.69. The summed E-state index contributed by atoms with van der Waals surface area (Å²) in [7, 11) is 0. The number of hydrogen-bond donors (Lipinski definition) is 0. The smallest absolute Gasteiger partial charge is 0.158 e. The molecule has 0 aromatic rings. The minimum Gasteiger partial charge on any atom is -0.295 e.